The molecule has 0 amide bonds. The van der Waals surface area contributed by atoms with Crippen molar-refractivity contribution in [2.75, 3.05) is 39.6 Å². The van der Waals surface area contributed by atoms with Crippen LogP contribution in [-0.2, 0) is 65.4 Å². The lowest BCUT2D eigenvalue weighted by molar-refractivity contribution is -0.161. The van der Waals surface area contributed by atoms with E-state index >= 15 is 0 Å². The van der Waals surface area contributed by atoms with Gasteiger partial charge in [0.05, 0.1) is 26.4 Å². The largest absolute Gasteiger partial charge is 0.472 e. The number of unbranched alkanes of at least 4 members (excludes halogenated alkanes) is 31. The quantitative estimate of drug-likeness (QED) is 0.0222. The minimum Gasteiger partial charge on any atom is -0.462 e. The fourth-order valence-corrected chi connectivity index (χ4v) is 11.7. The number of rotatable bonds is 65. The minimum atomic E-state index is -4.95. The third-order valence-corrected chi connectivity index (χ3v) is 17.5. The van der Waals surface area contributed by atoms with E-state index in [1.807, 2.05) is 0 Å². The summed E-state index contributed by atoms with van der Waals surface area (Å²) in [5.41, 5.74) is 0. The molecule has 0 saturated carbocycles. The fraction of sp³-hybridized carbons (Fsp3) is 0.941. The molecule has 0 fully saturated rings. The van der Waals surface area contributed by atoms with Gasteiger partial charge in [0.15, 0.2) is 12.2 Å². The smallest absolute Gasteiger partial charge is 0.462 e. The van der Waals surface area contributed by atoms with Crippen LogP contribution in [0.2, 0.25) is 0 Å². The zero-order chi connectivity index (χ0) is 64.7. The van der Waals surface area contributed by atoms with Gasteiger partial charge in [0.25, 0.3) is 0 Å². The summed E-state index contributed by atoms with van der Waals surface area (Å²) in [6, 6.07) is 0. The summed E-state index contributed by atoms with van der Waals surface area (Å²) < 4.78 is 68.2. The van der Waals surface area contributed by atoms with Gasteiger partial charge in [0.2, 0.25) is 0 Å². The molecule has 0 aliphatic carbocycles. The Morgan fingerprint density at radius 1 is 0.287 bits per heavy atom. The Balaban J connectivity index is 5.24. The Bertz CT molecular complexity index is 1730. The molecular formula is C68H132O17P2. The third kappa shape index (κ3) is 62.6. The summed E-state index contributed by atoms with van der Waals surface area (Å²) >= 11 is 0. The molecule has 0 spiro atoms. The van der Waals surface area contributed by atoms with Crippen molar-refractivity contribution in [3.8, 4) is 0 Å². The standard InChI is InChI=1S/C68H132O17P2/c1-58(2)44-36-28-20-15-11-9-10-12-17-23-34-42-50-67(72)85-64(55-79-66(71)49-41-33-27-26-31-39-47-61(7)8)57-83-87(76,77)81-53-62(69)52-80-86(74,75)82-56-63(54-78-65(70)48-40-32-25-19-22-30-38-46-60(5)6)84-68(73)51-43-35-24-18-14-13-16-21-29-37-45-59(3)4/h58-64,69H,9-57H2,1-8H3,(H,74,75)(H,76,77)/t62-,63-,64-/m1/s1. The van der Waals surface area contributed by atoms with Gasteiger partial charge in [0.1, 0.15) is 19.3 Å². The van der Waals surface area contributed by atoms with E-state index < -0.39 is 97.5 Å². The molecule has 3 N–H and O–H groups in total. The number of carbonyl (C=O) groups excluding carboxylic acids is 4. The summed E-state index contributed by atoms with van der Waals surface area (Å²) in [5.74, 6) is 0.779. The van der Waals surface area contributed by atoms with Crippen LogP contribution >= 0.6 is 15.6 Å². The number of aliphatic hydroxyl groups is 1. The maximum atomic E-state index is 13.0. The van der Waals surface area contributed by atoms with Crippen LogP contribution < -0.4 is 0 Å². The number of aliphatic hydroxyl groups excluding tert-OH is 1. The molecule has 19 heteroatoms. The maximum absolute atomic E-state index is 13.0. The van der Waals surface area contributed by atoms with Gasteiger partial charge in [-0.05, 0) is 49.4 Å². The van der Waals surface area contributed by atoms with E-state index in [-0.39, 0.29) is 25.7 Å². The van der Waals surface area contributed by atoms with Gasteiger partial charge in [-0.25, -0.2) is 9.13 Å². The van der Waals surface area contributed by atoms with E-state index in [0.29, 0.717) is 37.5 Å². The highest BCUT2D eigenvalue weighted by Gasteiger charge is 2.30. The van der Waals surface area contributed by atoms with Gasteiger partial charge in [-0.1, -0.05) is 280 Å². The molecule has 2 unspecified atom stereocenters. The van der Waals surface area contributed by atoms with Crippen molar-refractivity contribution in [3.05, 3.63) is 0 Å². The van der Waals surface area contributed by atoms with Crippen LogP contribution in [0.5, 0.6) is 0 Å². The average Bonchev–Trinajstić information content (AvgIpc) is 3.68. The van der Waals surface area contributed by atoms with Gasteiger partial charge in [-0.15, -0.1) is 0 Å². The lowest BCUT2D eigenvalue weighted by Crippen LogP contribution is -2.30. The summed E-state index contributed by atoms with van der Waals surface area (Å²) in [7, 11) is -9.90. The molecule has 0 aliphatic rings. The first-order valence-electron chi connectivity index (χ1n) is 35.2. The highest BCUT2D eigenvalue weighted by atomic mass is 31.2. The molecule has 0 aliphatic heterocycles. The highest BCUT2D eigenvalue weighted by Crippen LogP contribution is 2.45. The number of esters is 4. The Morgan fingerprint density at radius 3 is 0.713 bits per heavy atom. The molecule has 0 rings (SSSR count). The minimum absolute atomic E-state index is 0.104. The molecule has 0 saturated heterocycles. The van der Waals surface area contributed by atoms with E-state index in [9.17, 15) is 43.2 Å². The van der Waals surface area contributed by atoms with Crippen LogP contribution in [-0.4, -0.2) is 96.7 Å². The fourth-order valence-electron chi connectivity index (χ4n) is 10.1. The van der Waals surface area contributed by atoms with E-state index in [4.69, 9.17) is 37.0 Å². The number of phosphoric acid groups is 2. The van der Waals surface area contributed by atoms with Crippen LogP contribution in [0, 0.1) is 23.7 Å². The van der Waals surface area contributed by atoms with Gasteiger partial charge in [0, 0.05) is 25.7 Å². The number of phosphoric ester groups is 2. The molecule has 5 atom stereocenters. The number of hydrogen-bond acceptors (Lipinski definition) is 15. The zero-order valence-electron chi connectivity index (χ0n) is 56.6. The van der Waals surface area contributed by atoms with Gasteiger partial charge in [-0.3, -0.25) is 37.3 Å². The second-order valence-corrected chi connectivity index (χ2v) is 29.4. The number of carbonyl (C=O) groups is 4. The molecule has 17 nitrogen and oxygen atoms in total. The lowest BCUT2D eigenvalue weighted by Gasteiger charge is -2.21. The highest BCUT2D eigenvalue weighted by molar-refractivity contribution is 7.47. The predicted octanol–water partition coefficient (Wildman–Crippen LogP) is 18.9. The second-order valence-electron chi connectivity index (χ2n) is 26.5. The number of hydrogen-bond donors (Lipinski definition) is 3. The normalized spacial score (nSPS) is 14.3. The molecular weight excluding hydrogens is 1150 g/mol. The summed E-state index contributed by atoms with van der Waals surface area (Å²) in [5, 5.41) is 10.6. The van der Waals surface area contributed by atoms with Crippen LogP contribution in [0.4, 0.5) is 0 Å². The molecule has 87 heavy (non-hydrogen) atoms. The van der Waals surface area contributed by atoms with Crippen LogP contribution in [0.25, 0.3) is 0 Å². The van der Waals surface area contributed by atoms with Crippen molar-refractivity contribution in [1.82, 2.24) is 0 Å². The van der Waals surface area contributed by atoms with Crippen LogP contribution in [0.15, 0.2) is 0 Å². The van der Waals surface area contributed by atoms with Gasteiger partial charge >= 0.3 is 39.5 Å². The molecule has 0 heterocycles. The number of ether oxygens (including phenoxy) is 4. The van der Waals surface area contributed by atoms with Crippen LogP contribution in [0.3, 0.4) is 0 Å². The maximum Gasteiger partial charge on any atom is 0.472 e. The predicted molar refractivity (Wildman–Crippen MR) is 349 cm³/mol. The lowest BCUT2D eigenvalue weighted by atomic mass is 10.0. The van der Waals surface area contributed by atoms with Gasteiger partial charge in [-0.2, -0.15) is 0 Å². The Labute approximate surface area is 530 Å². The molecule has 0 radical (unpaired) electrons. The molecule has 0 aromatic rings. The van der Waals surface area contributed by atoms with E-state index in [0.717, 1.165) is 115 Å². The summed E-state index contributed by atoms with van der Waals surface area (Å²) in [4.78, 5) is 72.4. The second kappa shape index (κ2) is 57.9. The first-order chi connectivity index (χ1) is 41.6. The van der Waals surface area contributed by atoms with E-state index in [1.165, 1.54) is 122 Å². The molecule has 0 aromatic carbocycles. The molecule has 0 aromatic heterocycles. The zero-order valence-corrected chi connectivity index (χ0v) is 58.4. The topological polar surface area (TPSA) is 237 Å². The van der Waals surface area contributed by atoms with E-state index in [1.54, 1.807) is 0 Å². The van der Waals surface area contributed by atoms with E-state index in [2.05, 4.69) is 55.4 Å². The Hall–Kier alpha value is -1.94. The summed E-state index contributed by atoms with van der Waals surface area (Å²) in [6.45, 7) is 14.0. The Morgan fingerprint density at radius 2 is 0.483 bits per heavy atom. The monoisotopic (exact) mass is 1280 g/mol. The van der Waals surface area contributed by atoms with Crippen molar-refractivity contribution in [1.29, 1.82) is 0 Å². The molecule has 516 valence electrons. The van der Waals surface area contributed by atoms with Gasteiger partial charge < -0.3 is 33.8 Å². The van der Waals surface area contributed by atoms with Crippen molar-refractivity contribution >= 4 is 39.5 Å². The van der Waals surface area contributed by atoms with Crippen molar-refractivity contribution in [2.24, 2.45) is 23.7 Å². The van der Waals surface area contributed by atoms with Crippen LogP contribution in [0.1, 0.15) is 331 Å². The third-order valence-electron chi connectivity index (χ3n) is 15.6. The first kappa shape index (κ1) is 85.1. The molecule has 0 bridgehead atoms. The Kier molecular flexibility index (Phi) is 56.6. The van der Waals surface area contributed by atoms with Crippen molar-refractivity contribution in [3.63, 3.8) is 0 Å². The average molecular weight is 1280 g/mol. The first-order valence-corrected chi connectivity index (χ1v) is 38.2. The van der Waals surface area contributed by atoms with Crippen molar-refractivity contribution in [2.45, 2.75) is 350 Å². The summed E-state index contributed by atoms with van der Waals surface area (Å²) in [6.07, 6.45) is 39.1. The van der Waals surface area contributed by atoms with Crippen molar-refractivity contribution < 1.29 is 80.2 Å². The SMILES string of the molecule is CC(C)CCCCCCCCCCCCCCC(=O)O[C@H](COC(=O)CCCCCCCCC(C)C)COP(=O)(O)OC[C@H](O)COP(=O)(O)OC[C@@H](COC(=O)CCCCCCCCCC(C)C)OC(=O)CCCCCCCCCCCCC(C)C.